The summed E-state index contributed by atoms with van der Waals surface area (Å²) in [7, 11) is 1.53. The van der Waals surface area contributed by atoms with Gasteiger partial charge >= 0.3 is 0 Å². The van der Waals surface area contributed by atoms with Crippen LogP contribution in [-0.2, 0) is 4.79 Å². The molecule has 2 amide bonds. The Hall–Kier alpha value is -3.87. The molecule has 30 heavy (non-hydrogen) atoms. The van der Waals surface area contributed by atoms with Gasteiger partial charge in [-0.1, -0.05) is 12.1 Å². The Labute approximate surface area is 173 Å². The fourth-order valence-electron chi connectivity index (χ4n) is 2.66. The molecule has 0 aliphatic carbocycles. The third-order valence-corrected chi connectivity index (χ3v) is 4.27. The summed E-state index contributed by atoms with van der Waals surface area (Å²) in [5, 5.41) is 5.44. The largest absolute Gasteiger partial charge is 0.495 e. The van der Waals surface area contributed by atoms with Crippen LogP contribution in [0.5, 0.6) is 11.5 Å². The van der Waals surface area contributed by atoms with Crippen molar-refractivity contribution in [3.8, 4) is 11.5 Å². The number of rotatable bonds is 7. The molecule has 1 atom stereocenters. The van der Waals surface area contributed by atoms with Crippen molar-refractivity contribution in [2.75, 3.05) is 17.7 Å². The van der Waals surface area contributed by atoms with E-state index in [-0.39, 0.29) is 17.6 Å². The highest BCUT2D eigenvalue weighted by Crippen LogP contribution is 2.24. The van der Waals surface area contributed by atoms with Crippen LogP contribution in [0.25, 0.3) is 0 Å². The van der Waals surface area contributed by atoms with Crippen molar-refractivity contribution >= 4 is 23.2 Å². The molecule has 0 fully saturated rings. The van der Waals surface area contributed by atoms with Gasteiger partial charge < -0.3 is 20.1 Å². The van der Waals surface area contributed by atoms with E-state index in [4.69, 9.17) is 9.47 Å². The lowest BCUT2D eigenvalue weighted by Crippen LogP contribution is -2.30. The second-order valence-electron chi connectivity index (χ2n) is 6.44. The SMILES string of the molecule is COc1ccccc1NC(=O)c1ccc(O[C@@H](C)C(=O)Nc2ccc(F)cc2)cc1. The number of hydrogen-bond acceptors (Lipinski definition) is 4. The van der Waals surface area contributed by atoms with Gasteiger partial charge in [-0.15, -0.1) is 0 Å². The number of amides is 2. The maximum absolute atomic E-state index is 12.9. The second kappa shape index (κ2) is 9.56. The van der Waals surface area contributed by atoms with Crippen molar-refractivity contribution in [1.82, 2.24) is 0 Å². The number of nitrogens with one attached hydrogen (secondary N) is 2. The van der Waals surface area contributed by atoms with Crippen molar-refractivity contribution in [3.63, 3.8) is 0 Å². The van der Waals surface area contributed by atoms with E-state index in [1.807, 2.05) is 6.07 Å². The van der Waals surface area contributed by atoms with E-state index in [9.17, 15) is 14.0 Å². The number of para-hydroxylation sites is 2. The molecule has 0 heterocycles. The van der Waals surface area contributed by atoms with Gasteiger partial charge in [-0.25, -0.2) is 4.39 Å². The summed E-state index contributed by atoms with van der Waals surface area (Å²) in [5.74, 6) is -0.0581. The molecular weight excluding hydrogens is 387 g/mol. The van der Waals surface area contributed by atoms with Crippen LogP contribution in [0, 0.1) is 5.82 Å². The maximum Gasteiger partial charge on any atom is 0.265 e. The molecule has 0 aliphatic heterocycles. The number of ether oxygens (including phenoxy) is 2. The standard InChI is InChI=1S/C23H21FN2O4/c1-15(22(27)25-18-11-9-17(24)10-12-18)30-19-13-7-16(8-14-19)23(28)26-20-5-3-4-6-21(20)29-2/h3-15H,1-2H3,(H,25,27)(H,26,28)/t15-/m0/s1. The van der Waals surface area contributed by atoms with Crippen molar-refractivity contribution < 1.29 is 23.5 Å². The quantitative estimate of drug-likeness (QED) is 0.604. The lowest BCUT2D eigenvalue weighted by molar-refractivity contribution is -0.122. The van der Waals surface area contributed by atoms with Gasteiger partial charge in [0.1, 0.15) is 17.3 Å². The van der Waals surface area contributed by atoms with Crippen molar-refractivity contribution in [2.24, 2.45) is 0 Å². The molecule has 0 aliphatic rings. The summed E-state index contributed by atoms with van der Waals surface area (Å²) in [4.78, 5) is 24.7. The van der Waals surface area contributed by atoms with Crippen LogP contribution in [0.15, 0.2) is 72.8 Å². The van der Waals surface area contributed by atoms with E-state index in [0.29, 0.717) is 28.4 Å². The molecule has 3 aromatic carbocycles. The first kappa shape index (κ1) is 20.9. The van der Waals surface area contributed by atoms with Crippen LogP contribution in [0.1, 0.15) is 17.3 Å². The first-order valence-corrected chi connectivity index (χ1v) is 9.24. The minimum absolute atomic E-state index is 0.298. The van der Waals surface area contributed by atoms with E-state index in [1.54, 1.807) is 49.4 Å². The number of carbonyl (C=O) groups is 2. The summed E-state index contributed by atoms with van der Waals surface area (Å²) in [6.45, 7) is 1.60. The summed E-state index contributed by atoms with van der Waals surface area (Å²) in [6, 6.07) is 19.0. The second-order valence-corrected chi connectivity index (χ2v) is 6.44. The summed E-state index contributed by atoms with van der Waals surface area (Å²) in [5.41, 5.74) is 1.47. The molecule has 0 saturated heterocycles. The highest BCUT2D eigenvalue weighted by atomic mass is 19.1. The normalized spacial score (nSPS) is 11.3. The zero-order valence-corrected chi connectivity index (χ0v) is 16.5. The smallest absolute Gasteiger partial charge is 0.265 e. The van der Waals surface area contributed by atoms with Gasteiger partial charge in [0.2, 0.25) is 0 Å². The average Bonchev–Trinajstić information content (AvgIpc) is 2.76. The van der Waals surface area contributed by atoms with Gasteiger partial charge in [-0.3, -0.25) is 9.59 Å². The summed E-state index contributed by atoms with van der Waals surface area (Å²) >= 11 is 0. The first-order valence-electron chi connectivity index (χ1n) is 9.24. The lowest BCUT2D eigenvalue weighted by atomic mass is 10.2. The molecular formula is C23H21FN2O4. The number of hydrogen-bond donors (Lipinski definition) is 2. The molecule has 0 bridgehead atoms. The van der Waals surface area contributed by atoms with Crippen LogP contribution in [-0.4, -0.2) is 25.0 Å². The average molecular weight is 408 g/mol. The van der Waals surface area contributed by atoms with E-state index in [1.165, 1.54) is 31.4 Å². The maximum atomic E-state index is 12.9. The van der Waals surface area contributed by atoms with Crippen LogP contribution < -0.4 is 20.1 Å². The Kier molecular flexibility index (Phi) is 6.64. The molecule has 7 heteroatoms. The minimum Gasteiger partial charge on any atom is -0.495 e. The number of anilines is 2. The molecule has 154 valence electrons. The van der Waals surface area contributed by atoms with Crippen LogP contribution >= 0.6 is 0 Å². The van der Waals surface area contributed by atoms with Gasteiger partial charge in [-0.2, -0.15) is 0 Å². The third-order valence-electron chi connectivity index (χ3n) is 4.27. The molecule has 0 spiro atoms. The lowest BCUT2D eigenvalue weighted by Gasteiger charge is -2.15. The van der Waals surface area contributed by atoms with Crippen LogP contribution in [0.2, 0.25) is 0 Å². The van der Waals surface area contributed by atoms with E-state index in [0.717, 1.165) is 0 Å². The van der Waals surface area contributed by atoms with Crippen molar-refractivity contribution in [3.05, 3.63) is 84.2 Å². The van der Waals surface area contributed by atoms with Gasteiger partial charge in [-0.05, 0) is 67.6 Å². The van der Waals surface area contributed by atoms with Gasteiger partial charge in [0, 0.05) is 11.3 Å². The first-order chi connectivity index (χ1) is 14.5. The van der Waals surface area contributed by atoms with E-state index in [2.05, 4.69) is 10.6 Å². The van der Waals surface area contributed by atoms with Crippen molar-refractivity contribution in [1.29, 1.82) is 0 Å². The Morgan fingerprint density at radius 1 is 0.900 bits per heavy atom. The molecule has 0 unspecified atom stereocenters. The fraction of sp³-hybridized carbons (Fsp3) is 0.130. The Morgan fingerprint density at radius 2 is 1.57 bits per heavy atom. The van der Waals surface area contributed by atoms with Gasteiger partial charge in [0.25, 0.3) is 11.8 Å². The fourth-order valence-corrected chi connectivity index (χ4v) is 2.66. The Bertz CT molecular complexity index is 1020. The van der Waals surface area contributed by atoms with E-state index < -0.39 is 6.10 Å². The number of benzene rings is 3. The minimum atomic E-state index is -0.789. The third kappa shape index (κ3) is 5.35. The number of halogens is 1. The zero-order valence-electron chi connectivity index (χ0n) is 16.5. The highest BCUT2D eigenvalue weighted by molar-refractivity contribution is 6.05. The molecule has 0 aromatic heterocycles. The Morgan fingerprint density at radius 3 is 2.23 bits per heavy atom. The van der Waals surface area contributed by atoms with Crippen LogP contribution in [0.4, 0.5) is 15.8 Å². The molecule has 3 rings (SSSR count). The molecule has 6 nitrogen and oxygen atoms in total. The van der Waals surface area contributed by atoms with Gasteiger partial charge in [0.05, 0.1) is 12.8 Å². The highest BCUT2D eigenvalue weighted by Gasteiger charge is 2.16. The topological polar surface area (TPSA) is 76.7 Å². The van der Waals surface area contributed by atoms with E-state index >= 15 is 0 Å². The predicted molar refractivity (Wildman–Crippen MR) is 113 cm³/mol. The van der Waals surface area contributed by atoms with Gasteiger partial charge in [0.15, 0.2) is 6.10 Å². The summed E-state index contributed by atoms with van der Waals surface area (Å²) in [6.07, 6.45) is -0.789. The monoisotopic (exact) mass is 408 g/mol. The zero-order chi connectivity index (χ0) is 21.5. The van der Waals surface area contributed by atoms with Crippen LogP contribution in [0.3, 0.4) is 0 Å². The molecule has 3 aromatic rings. The Balaban J connectivity index is 1.58. The number of methoxy groups -OCH3 is 1. The number of carbonyl (C=O) groups excluding carboxylic acids is 2. The molecule has 0 saturated carbocycles. The van der Waals surface area contributed by atoms with Crippen molar-refractivity contribution in [2.45, 2.75) is 13.0 Å². The molecule has 0 radical (unpaired) electrons. The summed E-state index contributed by atoms with van der Waals surface area (Å²) < 4.78 is 23.8. The molecule has 2 N–H and O–H groups in total. The predicted octanol–water partition coefficient (Wildman–Crippen LogP) is 4.49.